The van der Waals surface area contributed by atoms with Gasteiger partial charge in [0, 0.05) is 26.4 Å². The summed E-state index contributed by atoms with van der Waals surface area (Å²) in [5.74, 6) is 0.812. The average molecular weight is 388 g/mol. The molecule has 0 heterocycles. The molecule has 2 aromatic rings. The lowest BCUT2D eigenvalue weighted by molar-refractivity contribution is -0.130. The van der Waals surface area contributed by atoms with Gasteiger partial charge in [-0.3, -0.25) is 9.59 Å². The Balaban J connectivity index is 1.68. The van der Waals surface area contributed by atoms with Gasteiger partial charge >= 0.3 is 0 Å². The molecule has 0 radical (unpaired) electrons. The summed E-state index contributed by atoms with van der Waals surface area (Å²) in [5.41, 5.74) is 0.810. The summed E-state index contributed by atoms with van der Waals surface area (Å²) in [5, 5.41) is 2.76. The Morgan fingerprint density at radius 2 is 1.68 bits per heavy atom. The van der Waals surface area contributed by atoms with E-state index < -0.39 is 0 Å². The number of ether oxygens (including phenoxy) is 2. The summed E-state index contributed by atoms with van der Waals surface area (Å²) in [6.07, 6.45) is 0.184. The number of benzene rings is 2. The molecule has 6 nitrogen and oxygen atoms in total. The molecule has 7 heteroatoms. The highest BCUT2D eigenvalue weighted by Crippen LogP contribution is 2.16. The van der Waals surface area contributed by atoms with Gasteiger partial charge in [-0.1, -0.05) is 12.1 Å². The van der Waals surface area contributed by atoms with Crippen LogP contribution < -0.4 is 14.8 Å². The van der Waals surface area contributed by atoms with Gasteiger partial charge in [0.1, 0.15) is 23.9 Å². The van der Waals surface area contributed by atoms with Crippen molar-refractivity contribution in [3.05, 3.63) is 59.9 Å². The number of rotatable bonds is 10. The number of carbonyl (C=O) groups is 2. The average Bonchev–Trinajstić information content (AvgIpc) is 2.70. The fourth-order valence-electron chi connectivity index (χ4n) is 2.51. The molecule has 0 aliphatic carbocycles. The molecule has 28 heavy (non-hydrogen) atoms. The van der Waals surface area contributed by atoms with Gasteiger partial charge in [0.05, 0.1) is 13.7 Å². The Morgan fingerprint density at radius 1 is 1.04 bits per heavy atom. The first-order chi connectivity index (χ1) is 13.5. The van der Waals surface area contributed by atoms with Crippen molar-refractivity contribution in [3.63, 3.8) is 0 Å². The van der Waals surface area contributed by atoms with Crippen molar-refractivity contribution in [3.8, 4) is 11.5 Å². The molecule has 0 aliphatic rings. The minimum atomic E-state index is -0.325. The number of hydrogen-bond acceptors (Lipinski definition) is 4. The predicted octanol–water partition coefficient (Wildman–Crippen LogP) is 2.77. The van der Waals surface area contributed by atoms with Gasteiger partial charge in [-0.25, -0.2) is 4.39 Å². The second kappa shape index (κ2) is 10.9. The van der Waals surface area contributed by atoms with Gasteiger partial charge in [-0.15, -0.1) is 0 Å². The van der Waals surface area contributed by atoms with Crippen molar-refractivity contribution in [2.45, 2.75) is 19.9 Å². The van der Waals surface area contributed by atoms with Gasteiger partial charge < -0.3 is 19.7 Å². The summed E-state index contributed by atoms with van der Waals surface area (Å²) in [4.78, 5) is 25.3. The molecule has 0 unspecified atom stereocenters. The maximum atomic E-state index is 13.0. The highest BCUT2D eigenvalue weighted by Gasteiger charge is 2.12. The lowest BCUT2D eigenvalue weighted by Gasteiger charge is -2.21. The second-order valence-electron chi connectivity index (χ2n) is 6.19. The Morgan fingerprint density at radius 3 is 2.29 bits per heavy atom. The summed E-state index contributed by atoms with van der Waals surface area (Å²) in [7, 11) is 1.60. The summed E-state index contributed by atoms with van der Waals surface area (Å²) < 4.78 is 23.6. The Kier molecular flexibility index (Phi) is 8.27. The minimum Gasteiger partial charge on any atom is -0.497 e. The quantitative estimate of drug-likeness (QED) is 0.636. The smallest absolute Gasteiger partial charge is 0.221 e. The lowest BCUT2D eigenvalue weighted by atomic mass is 10.2. The highest BCUT2D eigenvalue weighted by atomic mass is 19.1. The molecule has 0 fully saturated rings. The number of amides is 2. The molecular formula is C21H25FN2O4. The number of nitrogens with one attached hydrogen (secondary N) is 1. The largest absolute Gasteiger partial charge is 0.497 e. The zero-order valence-electron chi connectivity index (χ0n) is 16.1. The fourth-order valence-corrected chi connectivity index (χ4v) is 2.51. The van der Waals surface area contributed by atoms with Crippen molar-refractivity contribution >= 4 is 11.8 Å². The monoisotopic (exact) mass is 388 g/mol. The van der Waals surface area contributed by atoms with Crippen LogP contribution in [0.2, 0.25) is 0 Å². The molecule has 0 aliphatic heterocycles. The van der Waals surface area contributed by atoms with Crippen molar-refractivity contribution in [2.24, 2.45) is 0 Å². The van der Waals surface area contributed by atoms with E-state index in [9.17, 15) is 14.0 Å². The first-order valence-electron chi connectivity index (χ1n) is 9.01. The molecule has 0 atom stereocenters. The van der Waals surface area contributed by atoms with E-state index in [0.717, 1.165) is 11.3 Å². The van der Waals surface area contributed by atoms with Crippen molar-refractivity contribution in [2.75, 3.05) is 26.8 Å². The number of methoxy groups -OCH3 is 1. The van der Waals surface area contributed by atoms with Crippen molar-refractivity contribution < 1.29 is 23.5 Å². The van der Waals surface area contributed by atoms with Crippen LogP contribution in [-0.2, 0) is 16.1 Å². The van der Waals surface area contributed by atoms with Crippen molar-refractivity contribution in [1.82, 2.24) is 10.2 Å². The highest BCUT2D eigenvalue weighted by molar-refractivity contribution is 5.78. The second-order valence-corrected chi connectivity index (χ2v) is 6.19. The van der Waals surface area contributed by atoms with Crippen LogP contribution in [-0.4, -0.2) is 43.5 Å². The minimum absolute atomic E-state index is 0.139. The van der Waals surface area contributed by atoms with Crippen LogP contribution >= 0.6 is 0 Å². The molecule has 150 valence electrons. The van der Waals surface area contributed by atoms with Gasteiger partial charge in [-0.2, -0.15) is 0 Å². The first kappa shape index (κ1) is 21.2. The van der Waals surface area contributed by atoms with E-state index in [1.54, 1.807) is 48.4 Å². The van der Waals surface area contributed by atoms with E-state index in [2.05, 4.69) is 5.32 Å². The third kappa shape index (κ3) is 7.26. The van der Waals surface area contributed by atoms with E-state index in [1.807, 2.05) is 0 Å². The fraction of sp³-hybridized carbons (Fsp3) is 0.333. The van der Waals surface area contributed by atoms with Gasteiger partial charge in [0.25, 0.3) is 0 Å². The number of halogens is 1. The van der Waals surface area contributed by atoms with Gasteiger partial charge in [-0.05, 0) is 42.0 Å². The Bertz CT molecular complexity index is 763. The van der Waals surface area contributed by atoms with Crippen LogP contribution in [0.15, 0.2) is 48.5 Å². The van der Waals surface area contributed by atoms with E-state index in [1.165, 1.54) is 19.1 Å². The van der Waals surface area contributed by atoms with Gasteiger partial charge in [0.2, 0.25) is 11.8 Å². The topological polar surface area (TPSA) is 67.9 Å². The zero-order valence-corrected chi connectivity index (χ0v) is 16.1. The van der Waals surface area contributed by atoms with E-state index in [-0.39, 0.29) is 30.6 Å². The molecule has 0 aromatic heterocycles. The third-order valence-electron chi connectivity index (χ3n) is 4.09. The van der Waals surface area contributed by atoms with Crippen LogP contribution in [0.3, 0.4) is 0 Å². The van der Waals surface area contributed by atoms with E-state index in [0.29, 0.717) is 25.4 Å². The number of carbonyl (C=O) groups excluding carboxylic acids is 2. The maximum Gasteiger partial charge on any atom is 0.221 e. The molecule has 0 spiro atoms. The van der Waals surface area contributed by atoms with Crippen molar-refractivity contribution in [1.29, 1.82) is 0 Å². The maximum absolute atomic E-state index is 13.0. The molecular weight excluding hydrogens is 363 g/mol. The molecule has 2 amide bonds. The first-order valence-corrected chi connectivity index (χ1v) is 9.01. The molecule has 0 saturated carbocycles. The van der Waals surface area contributed by atoms with Crippen LogP contribution in [0.4, 0.5) is 4.39 Å². The molecule has 2 aromatic carbocycles. The summed E-state index contributed by atoms with van der Waals surface area (Å²) >= 11 is 0. The van der Waals surface area contributed by atoms with Crippen LogP contribution in [0.1, 0.15) is 18.9 Å². The van der Waals surface area contributed by atoms with Crippen LogP contribution in [0, 0.1) is 5.82 Å². The molecule has 2 rings (SSSR count). The van der Waals surface area contributed by atoms with E-state index >= 15 is 0 Å². The molecule has 0 saturated heterocycles. The van der Waals surface area contributed by atoms with Gasteiger partial charge in [0.15, 0.2) is 0 Å². The zero-order chi connectivity index (χ0) is 20.4. The van der Waals surface area contributed by atoms with Crippen LogP contribution in [0.25, 0.3) is 0 Å². The normalized spacial score (nSPS) is 10.2. The summed E-state index contributed by atoms with van der Waals surface area (Å²) in [6, 6.07) is 13.1. The Labute approximate surface area is 164 Å². The van der Waals surface area contributed by atoms with E-state index in [4.69, 9.17) is 9.47 Å². The standard InChI is InChI=1S/C21H25FN2O4/c1-16(25)24(15-17-3-5-18(22)6-4-17)13-11-21(26)23-12-14-28-20-9-7-19(27-2)8-10-20/h3-10H,11-15H2,1-2H3,(H,23,26). The third-order valence-corrected chi connectivity index (χ3v) is 4.09. The number of hydrogen-bond donors (Lipinski definition) is 1. The SMILES string of the molecule is COc1ccc(OCCNC(=O)CCN(Cc2ccc(F)cc2)C(C)=O)cc1. The number of nitrogens with zero attached hydrogens (tertiary/aromatic N) is 1. The lowest BCUT2D eigenvalue weighted by Crippen LogP contribution is -2.34. The molecule has 0 bridgehead atoms. The van der Waals surface area contributed by atoms with Crippen LogP contribution in [0.5, 0.6) is 11.5 Å². The summed E-state index contributed by atoms with van der Waals surface area (Å²) in [6.45, 7) is 2.78. The predicted molar refractivity (Wildman–Crippen MR) is 104 cm³/mol. The molecule has 1 N–H and O–H groups in total. The Hall–Kier alpha value is -3.09.